The molecule has 0 aromatic carbocycles. The molecule has 4 aliphatic carbocycles. The lowest BCUT2D eigenvalue weighted by molar-refractivity contribution is -0.215. The van der Waals surface area contributed by atoms with Gasteiger partial charge in [0.2, 0.25) is 0 Å². The molecule has 4 N–H and O–H groups in total. The van der Waals surface area contributed by atoms with Gasteiger partial charge in [-0.3, -0.25) is 0 Å². The summed E-state index contributed by atoms with van der Waals surface area (Å²) in [5.74, 6) is 2.45. The van der Waals surface area contributed by atoms with Crippen molar-refractivity contribution in [3.63, 3.8) is 0 Å². The van der Waals surface area contributed by atoms with Crippen molar-refractivity contribution < 1.29 is 10.2 Å². The third-order valence-electron chi connectivity index (χ3n) is 9.48. The first-order valence-corrected chi connectivity index (χ1v) is 10.4. The molecular weight excluding hydrogens is 310 g/mol. The fraction of sp³-hybridized carbons (Fsp3) is 1.00. The van der Waals surface area contributed by atoms with E-state index in [0.29, 0.717) is 23.2 Å². The fourth-order valence-electron chi connectivity index (χ4n) is 8.07. The van der Waals surface area contributed by atoms with Crippen LogP contribution in [0.15, 0.2) is 0 Å². The summed E-state index contributed by atoms with van der Waals surface area (Å²) in [6.07, 6.45) is 8.35. The van der Waals surface area contributed by atoms with Crippen molar-refractivity contribution in [2.45, 2.75) is 97.8 Å². The molecule has 4 saturated carbocycles. The minimum absolute atomic E-state index is 0. The van der Waals surface area contributed by atoms with Crippen LogP contribution in [0.2, 0.25) is 0 Å². The van der Waals surface area contributed by atoms with Gasteiger partial charge in [0, 0.05) is 6.04 Å². The number of nitrogens with two attached hydrogens (primary N) is 1. The first-order valence-electron chi connectivity index (χ1n) is 10.4. The zero-order valence-corrected chi connectivity index (χ0v) is 15.7. The van der Waals surface area contributed by atoms with Crippen LogP contribution in [0.3, 0.4) is 0 Å². The summed E-state index contributed by atoms with van der Waals surface area (Å²) in [7, 11) is 0. The highest BCUT2D eigenvalue weighted by atomic mass is 16.3. The number of rotatable bonds is 1. The first-order chi connectivity index (χ1) is 11.3. The average Bonchev–Trinajstić information content (AvgIpc) is 2.90. The Kier molecular flexibility index (Phi) is 5.10. The number of aliphatic hydroxyl groups excluding tert-OH is 2. The van der Waals surface area contributed by atoms with Gasteiger partial charge in [-0.1, -0.05) is 34.6 Å². The Bertz CT molecular complexity index is 496. The minimum Gasteiger partial charge on any atom is -0.390 e. The van der Waals surface area contributed by atoms with Gasteiger partial charge in [0.05, 0.1) is 12.2 Å². The second kappa shape index (κ2) is 6.49. The topological polar surface area (TPSA) is 66.5 Å². The van der Waals surface area contributed by atoms with Gasteiger partial charge < -0.3 is 15.9 Å². The van der Waals surface area contributed by atoms with Gasteiger partial charge >= 0.3 is 0 Å². The van der Waals surface area contributed by atoms with Crippen LogP contribution in [0.4, 0.5) is 0 Å². The second-order valence-corrected chi connectivity index (χ2v) is 10.1. The van der Waals surface area contributed by atoms with Gasteiger partial charge in [-0.15, -0.1) is 0 Å². The Morgan fingerprint density at radius 1 is 0.880 bits per heavy atom. The molecular formula is C22H41NO2. The molecule has 4 unspecified atom stereocenters. The van der Waals surface area contributed by atoms with E-state index in [1.165, 1.54) is 32.1 Å². The number of fused-ring (bicyclic) bond motifs is 5. The highest BCUT2D eigenvalue weighted by Gasteiger charge is 2.64. The van der Waals surface area contributed by atoms with Crippen molar-refractivity contribution in [1.29, 1.82) is 0 Å². The van der Waals surface area contributed by atoms with Crippen LogP contribution >= 0.6 is 0 Å². The Labute approximate surface area is 154 Å². The molecule has 0 heterocycles. The first kappa shape index (κ1) is 19.6. The molecule has 0 aromatic heterocycles. The number of hydrogen-bond acceptors (Lipinski definition) is 3. The average molecular weight is 352 g/mol. The van der Waals surface area contributed by atoms with Crippen LogP contribution < -0.4 is 5.73 Å². The summed E-state index contributed by atoms with van der Waals surface area (Å²) < 4.78 is 0. The smallest absolute Gasteiger partial charge is 0.0836 e. The maximum Gasteiger partial charge on any atom is 0.0836 e. The molecule has 146 valence electrons. The quantitative estimate of drug-likeness (QED) is 0.670. The predicted octanol–water partition coefficient (Wildman–Crippen LogP) is 3.96. The molecule has 0 aromatic rings. The summed E-state index contributed by atoms with van der Waals surface area (Å²) >= 11 is 0. The summed E-state index contributed by atoms with van der Waals surface area (Å²) in [6, 6.07) is 0.200. The number of hydrogen-bond donors (Lipinski definition) is 3. The summed E-state index contributed by atoms with van der Waals surface area (Å²) in [4.78, 5) is 0. The predicted molar refractivity (Wildman–Crippen MR) is 103 cm³/mol. The Morgan fingerprint density at radius 3 is 2.20 bits per heavy atom. The lowest BCUT2D eigenvalue weighted by Crippen LogP contribution is -2.64. The molecule has 3 heteroatoms. The maximum absolute atomic E-state index is 11.1. The zero-order chi connectivity index (χ0) is 17.3. The van der Waals surface area contributed by atoms with Crippen molar-refractivity contribution in [3.8, 4) is 0 Å². The summed E-state index contributed by atoms with van der Waals surface area (Å²) in [5.41, 5.74) is 6.78. The van der Waals surface area contributed by atoms with Crippen LogP contribution in [-0.4, -0.2) is 28.5 Å². The van der Waals surface area contributed by atoms with Crippen molar-refractivity contribution in [2.75, 3.05) is 0 Å². The van der Waals surface area contributed by atoms with Crippen molar-refractivity contribution in [2.24, 2.45) is 46.2 Å². The van der Waals surface area contributed by atoms with Crippen molar-refractivity contribution in [1.82, 2.24) is 0 Å². The molecule has 4 aliphatic rings. The molecule has 4 rings (SSSR count). The van der Waals surface area contributed by atoms with Gasteiger partial charge in [0.25, 0.3) is 0 Å². The molecule has 0 radical (unpaired) electrons. The Balaban J connectivity index is 0.00000182. The zero-order valence-electron chi connectivity index (χ0n) is 15.7. The van der Waals surface area contributed by atoms with Gasteiger partial charge in [-0.05, 0) is 85.4 Å². The summed E-state index contributed by atoms with van der Waals surface area (Å²) in [6.45, 7) is 7.22. The molecule has 0 amide bonds. The SMILES string of the molecule is C.CC[C@H]1CCC2C3C(CC[C@@]21C)[C@@]1(C)CC[C@@H](N)CC1[C@@H](O)[C@@H]3O. The van der Waals surface area contributed by atoms with Gasteiger partial charge in [0.1, 0.15) is 0 Å². The van der Waals surface area contributed by atoms with E-state index in [4.69, 9.17) is 5.73 Å². The Hall–Kier alpha value is -0.120. The van der Waals surface area contributed by atoms with Crippen molar-refractivity contribution in [3.05, 3.63) is 0 Å². The highest BCUT2D eigenvalue weighted by Crippen LogP contribution is 2.67. The minimum atomic E-state index is -0.578. The summed E-state index contributed by atoms with van der Waals surface area (Å²) in [5, 5.41) is 22.2. The van der Waals surface area contributed by atoms with Crippen LogP contribution in [0.25, 0.3) is 0 Å². The normalized spacial score (nSPS) is 57.8. The molecule has 0 bridgehead atoms. The van der Waals surface area contributed by atoms with Crippen molar-refractivity contribution >= 4 is 0 Å². The van der Waals surface area contributed by atoms with Gasteiger partial charge in [0.15, 0.2) is 0 Å². The number of aliphatic hydroxyl groups is 2. The van der Waals surface area contributed by atoms with E-state index in [9.17, 15) is 10.2 Å². The van der Waals surface area contributed by atoms with Crippen LogP contribution in [0, 0.1) is 40.4 Å². The van der Waals surface area contributed by atoms with Crippen LogP contribution in [0.5, 0.6) is 0 Å². The largest absolute Gasteiger partial charge is 0.390 e. The lowest BCUT2D eigenvalue weighted by Gasteiger charge is -2.63. The van der Waals surface area contributed by atoms with E-state index in [2.05, 4.69) is 20.8 Å². The molecule has 25 heavy (non-hydrogen) atoms. The molecule has 0 spiro atoms. The lowest BCUT2D eigenvalue weighted by atomic mass is 9.43. The third kappa shape index (κ3) is 2.56. The molecule has 0 saturated heterocycles. The highest BCUT2D eigenvalue weighted by molar-refractivity contribution is 5.13. The molecule has 3 nitrogen and oxygen atoms in total. The van der Waals surface area contributed by atoms with Crippen LogP contribution in [-0.2, 0) is 0 Å². The standard InChI is InChI=1S/C21H37NO2.CH4/c1-4-12-5-6-14-17-15(8-10-20(12,14)2)21(3)9-7-13(22)11-16(21)18(23)19(17)24;/h12-19,23-24H,4-11,22H2,1-3H3;1H4/t12-,13+,14?,15?,16?,17?,18+,19+,20+,21+;/m0./s1. The molecule has 0 aliphatic heterocycles. The monoisotopic (exact) mass is 351 g/mol. The van der Waals surface area contributed by atoms with E-state index < -0.39 is 12.2 Å². The van der Waals surface area contributed by atoms with E-state index >= 15 is 0 Å². The third-order valence-corrected chi connectivity index (χ3v) is 9.48. The van der Waals surface area contributed by atoms with Gasteiger partial charge in [-0.25, -0.2) is 0 Å². The second-order valence-electron chi connectivity index (χ2n) is 10.1. The Morgan fingerprint density at radius 2 is 1.52 bits per heavy atom. The maximum atomic E-state index is 11.1. The fourth-order valence-corrected chi connectivity index (χ4v) is 8.07. The van der Waals surface area contributed by atoms with Gasteiger partial charge in [-0.2, -0.15) is 0 Å². The van der Waals surface area contributed by atoms with E-state index in [-0.39, 0.29) is 24.8 Å². The van der Waals surface area contributed by atoms with E-state index in [1.807, 2.05) is 0 Å². The van der Waals surface area contributed by atoms with Crippen LogP contribution in [0.1, 0.15) is 79.6 Å². The van der Waals surface area contributed by atoms with E-state index in [0.717, 1.165) is 25.2 Å². The molecule has 10 atom stereocenters. The van der Waals surface area contributed by atoms with E-state index in [1.54, 1.807) is 0 Å². The molecule has 4 fully saturated rings.